The van der Waals surface area contributed by atoms with Crippen molar-refractivity contribution >= 4 is 20.6 Å². The van der Waals surface area contributed by atoms with E-state index in [1.165, 1.54) is 0 Å². The number of imidazole rings is 1. The fourth-order valence-corrected chi connectivity index (χ4v) is 3.42. The molecule has 0 radical (unpaired) electrons. The van der Waals surface area contributed by atoms with Gasteiger partial charge < -0.3 is 18.5 Å². The number of rotatable bonds is 9. The lowest BCUT2D eigenvalue weighted by molar-refractivity contribution is -0.108. The van der Waals surface area contributed by atoms with Crippen LogP contribution in [0.1, 0.15) is 51.0 Å². The first-order valence-corrected chi connectivity index (χ1v) is 11.3. The van der Waals surface area contributed by atoms with Crippen LogP contribution in [0.4, 0.5) is 0 Å². The molecule has 0 saturated heterocycles. The van der Waals surface area contributed by atoms with Crippen LogP contribution >= 0.6 is 0 Å². The van der Waals surface area contributed by atoms with E-state index in [0.29, 0.717) is 31.7 Å². The molecule has 1 aromatic heterocycles. The van der Waals surface area contributed by atoms with Crippen LogP contribution in [0, 0.1) is 0 Å². The smallest absolute Gasteiger partial charge is 0.358 e. The topological polar surface area (TPSA) is 70.4 Å². The van der Waals surface area contributed by atoms with E-state index in [0.717, 1.165) is 6.29 Å². The first-order valence-electron chi connectivity index (χ1n) is 8.41. The summed E-state index contributed by atoms with van der Waals surface area (Å²) < 4.78 is 13.2. The summed E-state index contributed by atoms with van der Waals surface area (Å²) in [5, 5.41) is 0.0947. The van der Waals surface area contributed by atoms with E-state index in [2.05, 4.69) is 38.8 Å². The molecule has 0 N–H and O–H groups in total. The normalized spacial score (nSPS) is 13.6. The number of hydrogen-bond donors (Lipinski definition) is 0. The van der Waals surface area contributed by atoms with Gasteiger partial charge in [0.1, 0.15) is 6.29 Å². The molecule has 0 aromatic carbocycles. The molecule has 0 fully saturated rings. The minimum Gasteiger partial charge on any atom is -0.461 e. The molecule has 0 aliphatic carbocycles. The molecule has 1 aromatic rings. The van der Waals surface area contributed by atoms with Gasteiger partial charge in [0.2, 0.25) is 0 Å². The van der Waals surface area contributed by atoms with Crippen LogP contribution in [0.15, 0.2) is 12.5 Å². The third-order valence-electron chi connectivity index (χ3n) is 4.41. The number of aromatic nitrogens is 2. The van der Waals surface area contributed by atoms with Crippen molar-refractivity contribution in [3.63, 3.8) is 0 Å². The molecule has 136 valence electrons. The molecule has 0 aliphatic rings. The number of hydrogen-bond acceptors (Lipinski definition) is 5. The molecule has 1 heterocycles. The van der Waals surface area contributed by atoms with Crippen molar-refractivity contribution < 1.29 is 18.8 Å². The van der Waals surface area contributed by atoms with Crippen LogP contribution < -0.4 is 0 Å². The van der Waals surface area contributed by atoms with Crippen molar-refractivity contribution in [2.24, 2.45) is 0 Å². The molecule has 0 unspecified atom stereocenters. The summed E-state index contributed by atoms with van der Waals surface area (Å²) in [7, 11) is -1.94. The minimum atomic E-state index is -1.94. The van der Waals surface area contributed by atoms with Gasteiger partial charge in [-0.1, -0.05) is 20.8 Å². The highest BCUT2D eigenvalue weighted by Gasteiger charge is 2.39. The lowest BCUT2D eigenvalue weighted by Crippen LogP contribution is -2.44. The summed E-state index contributed by atoms with van der Waals surface area (Å²) in [5.74, 6) is -0.425. The highest BCUT2D eigenvalue weighted by molar-refractivity contribution is 6.74. The maximum absolute atomic E-state index is 11.7. The second-order valence-corrected chi connectivity index (χ2v) is 12.2. The van der Waals surface area contributed by atoms with Crippen molar-refractivity contribution in [3.8, 4) is 0 Å². The summed E-state index contributed by atoms with van der Waals surface area (Å²) in [5.41, 5.74) is 0.290. The largest absolute Gasteiger partial charge is 0.461 e. The van der Waals surface area contributed by atoms with E-state index in [9.17, 15) is 9.59 Å². The maximum atomic E-state index is 11.7. The third kappa shape index (κ3) is 5.87. The highest BCUT2D eigenvalue weighted by atomic mass is 28.4. The van der Waals surface area contributed by atoms with Gasteiger partial charge in [0.25, 0.3) is 0 Å². The predicted molar refractivity (Wildman–Crippen MR) is 95.6 cm³/mol. The van der Waals surface area contributed by atoms with Gasteiger partial charge in [0.05, 0.1) is 19.0 Å². The van der Waals surface area contributed by atoms with Gasteiger partial charge in [-0.2, -0.15) is 0 Å². The van der Waals surface area contributed by atoms with Crippen molar-refractivity contribution in [1.29, 1.82) is 0 Å². The van der Waals surface area contributed by atoms with Crippen LogP contribution in [0.3, 0.4) is 0 Å². The van der Waals surface area contributed by atoms with Crippen LogP contribution in [0.5, 0.6) is 0 Å². The summed E-state index contributed by atoms with van der Waals surface area (Å²) in [6, 6.07) is 0. The molecule has 1 atom stereocenters. The molecule has 0 bridgehead atoms. The van der Waals surface area contributed by atoms with Crippen LogP contribution in [-0.4, -0.2) is 42.8 Å². The van der Waals surface area contributed by atoms with Crippen molar-refractivity contribution in [1.82, 2.24) is 9.55 Å². The Morgan fingerprint density at radius 2 is 2.08 bits per heavy atom. The van der Waals surface area contributed by atoms with E-state index in [-0.39, 0.29) is 11.1 Å². The SMILES string of the molecule is CCOC(=O)c1cn(C[C@H](CCC=O)O[Si](C)(C)C(C)(C)C)cn1. The van der Waals surface area contributed by atoms with E-state index in [1.807, 2.05) is 4.57 Å². The number of nitrogens with zero attached hydrogens (tertiary/aromatic N) is 2. The van der Waals surface area contributed by atoms with Crippen molar-refractivity contribution in [3.05, 3.63) is 18.2 Å². The number of carbonyl (C=O) groups is 2. The molecular formula is C17H30N2O4Si. The Hall–Kier alpha value is -1.47. The molecule has 7 heteroatoms. The molecule has 1 rings (SSSR count). The van der Waals surface area contributed by atoms with Crippen molar-refractivity contribution in [2.75, 3.05) is 6.61 Å². The highest BCUT2D eigenvalue weighted by Crippen LogP contribution is 2.37. The Labute approximate surface area is 145 Å². The van der Waals surface area contributed by atoms with Gasteiger partial charge in [-0.15, -0.1) is 0 Å². The van der Waals surface area contributed by atoms with Crippen LogP contribution in [0.2, 0.25) is 18.1 Å². The molecule has 0 saturated carbocycles. The van der Waals surface area contributed by atoms with Crippen molar-refractivity contribution in [2.45, 2.75) is 71.3 Å². The van der Waals surface area contributed by atoms with E-state index in [1.54, 1.807) is 19.4 Å². The Morgan fingerprint density at radius 1 is 1.42 bits per heavy atom. The monoisotopic (exact) mass is 354 g/mol. The van der Waals surface area contributed by atoms with E-state index >= 15 is 0 Å². The average Bonchev–Trinajstić information content (AvgIpc) is 2.92. The lowest BCUT2D eigenvalue weighted by atomic mass is 10.2. The number of carbonyl (C=O) groups excluding carboxylic acids is 2. The lowest BCUT2D eigenvalue weighted by Gasteiger charge is -2.39. The Morgan fingerprint density at radius 3 is 2.62 bits per heavy atom. The van der Waals surface area contributed by atoms with Gasteiger partial charge >= 0.3 is 5.97 Å². The third-order valence-corrected chi connectivity index (χ3v) is 8.94. The fraction of sp³-hybridized carbons (Fsp3) is 0.706. The zero-order chi connectivity index (χ0) is 18.4. The second kappa shape index (κ2) is 8.57. The van der Waals surface area contributed by atoms with Gasteiger partial charge in [0.15, 0.2) is 14.0 Å². The molecule has 0 aliphatic heterocycles. The molecule has 6 nitrogen and oxygen atoms in total. The first-order chi connectivity index (χ1) is 11.1. The molecule has 0 amide bonds. The van der Waals surface area contributed by atoms with Gasteiger partial charge in [-0.25, -0.2) is 9.78 Å². The minimum absolute atomic E-state index is 0.0830. The second-order valence-electron chi connectivity index (χ2n) is 7.42. The number of esters is 1. The summed E-state index contributed by atoms with van der Waals surface area (Å²) in [6.07, 6.45) is 5.22. The molecule has 24 heavy (non-hydrogen) atoms. The summed E-state index contributed by atoms with van der Waals surface area (Å²) >= 11 is 0. The average molecular weight is 355 g/mol. The quantitative estimate of drug-likeness (QED) is 0.386. The van der Waals surface area contributed by atoms with Crippen LogP contribution in [-0.2, 0) is 20.5 Å². The maximum Gasteiger partial charge on any atom is 0.358 e. The Bertz CT molecular complexity index is 549. The first kappa shape index (κ1) is 20.6. The Balaban J connectivity index is 2.83. The summed E-state index contributed by atoms with van der Waals surface area (Å²) in [4.78, 5) is 26.6. The zero-order valence-electron chi connectivity index (χ0n) is 15.7. The van der Waals surface area contributed by atoms with Gasteiger partial charge in [-0.3, -0.25) is 0 Å². The number of aldehydes is 1. The van der Waals surface area contributed by atoms with Gasteiger partial charge in [-0.05, 0) is 31.5 Å². The van der Waals surface area contributed by atoms with E-state index in [4.69, 9.17) is 9.16 Å². The van der Waals surface area contributed by atoms with Crippen LogP contribution in [0.25, 0.3) is 0 Å². The Kier molecular flexibility index (Phi) is 7.35. The number of ether oxygens (including phenoxy) is 1. The summed E-state index contributed by atoms with van der Waals surface area (Å²) in [6.45, 7) is 13.6. The van der Waals surface area contributed by atoms with E-state index < -0.39 is 14.3 Å². The zero-order valence-corrected chi connectivity index (χ0v) is 16.7. The van der Waals surface area contributed by atoms with Gasteiger partial charge in [0, 0.05) is 19.2 Å². The predicted octanol–water partition coefficient (Wildman–Crippen LogP) is 3.43. The fourth-order valence-electron chi connectivity index (χ4n) is 2.04. The standard InChI is InChI=1S/C17H30N2O4Si/c1-7-22-16(21)15-12-19(13-18-15)11-14(9-8-10-20)23-24(5,6)17(2,3)4/h10,12-14H,7-9,11H2,1-6H3/t14-/m0/s1. The molecular weight excluding hydrogens is 324 g/mol. The molecule has 0 spiro atoms.